The monoisotopic (exact) mass is 371 g/mol. The number of rotatable bonds is 14. The van der Waals surface area contributed by atoms with E-state index in [1.807, 2.05) is 0 Å². The summed E-state index contributed by atoms with van der Waals surface area (Å²) in [5.74, 6) is -1.12. The highest BCUT2D eigenvalue weighted by molar-refractivity contribution is 5.77. The molecular weight excluding hydrogens is 336 g/mol. The van der Waals surface area contributed by atoms with Crippen molar-refractivity contribution in [2.75, 3.05) is 6.61 Å². The number of carboxylic acid groups (broad SMARTS) is 1. The lowest BCUT2D eigenvalue weighted by Crippen LogP contribution is -2.47. The number of carboxylic acids is 1. The molecule has 1 fully saturated rings. The first-order chi connectivity index (χ1) is 12.5. The van der Waals surface area contributed by atoms with E-state index >= 15 is 0 Å². The van der Waals surface area contributed by atoms with Crippen LogP contribution in [0.5, 0.6) is 0 Å². The summed E-state index contributed by atoms with van der Waals surface area (Å²) >= 11 is 0. The lowest BCUT2D eigenvalue weighted by atomic mass is 10.0. The zero-order valence-corrected chi connectivity index (χ0v) is 16.0. The molecule has 0 aromatic rings. The summed E-state index contributed by atoms with van der Waals surface area (Å²) in [4.78, 5) is 10.2. The number of ether oxygens (including phenoxy) is 2. The predicted molar refractivity (Wildman–Crippen MR) is 97.2 cm³/mol. The Morgan fingerprint density at radius 2 is 1.62 bits per heavy atom. The largest absolute Gasteiger partial charge is 0.545 e. The molecule has 0 aliphatic carbocycles. The van der Waals surface area contributed by atoms with E-state index in [9.17, 15) is 20.1 Å². The number of hydrogen-bond acceptors (Lipinski definition) is 6. The van der Waals surface area contributed by atoms with E-state index in [4.69, 9.17) is 9.47 Å². The minimum absolute atomic E-state index is 0.298. The van der Waals surface area contributed by atoms with Crippen molar-refractivity contribution in [2.24, 2.45) is 0 Å². The van der Waals surface area contributed by atoms with Gasteiger partial charge >= 0.3 is 0 Å². The summed E-state index contributed by atoms with van der Waals surface area (Å²) in [7, 11) is 0. The van der Waals surface area contributed by atoms with Gasteiger partial charge in [0, 0.05) is 13.0 Å². The topological polar surface area (TPSA) is 99.1 Å². The van der Waals surface area contributed by atoms with Gasteiger partial charge < -0.3 is 29.6 Å². The molecule has 0 saturated carbocycles. The molecule has 6 heteroatoms. The van der Waals surface area contributed by atoms with Gasteiger partial charge in [0.25, 0.3) is 0 Å². The molecule has 0 amide bonds. The number of aliphatic hydroxyl groups excluding tert-OH is 2. The molecule has 1 saturated heterocycles. The first kappa shape index (κ1) is 23.1. The Bertz CT molecular complexity index is 398. The lowest BCUT2D eigenvalue weighted by Gasteiger charge is -2.35. The van der Waals surface area contributed by atoms with Gasteiger partial charge in [-0.1, -0.05) is 51.0 Å². The number of aliphatic carboxylic acids is 1. The minimum Gasteiger partial charge on any atom is -0.545 e. The summed E-state index contributed by atoms with van der Waals surface area (Å²) in [6.45, 7) is 2.36. The maximum absolute atomic E-state index is 10.2. The highest BCUT2D eigenvalue weighted by Gasteiger charge is 2.34. The van der Waals surface area contributed by atoms with Gasteiger partial charge in [-0.05, 0) is 32.3 Å². The molecular formula is C20H35O6-. The van der Waals surface area contributed by atoms with Gasteiger partial charge in [-0.3, -0.25) is 0 Å². The molecule has 152 valence electrons. The fourth-order valence-corrected chi connectivity index (χ4v) is 3.07. The van der Waals surface area contributed by atoms with Crippen molar-refractivity contribution in [1.82, 2.24) is 0 Å². The van der Waals surface area contributed by atoms with Crippen LogP contribution in [0, 0.1) is 0 Å². The van der Waals surface area contributed by atoms with E-state index < -0.39 is 24.5 Å². The van der Waals surface area contributed by atoms with E-state index in [1.165, 1.54) is 32.1 Å². The third-order valence-electron chi connectivity index (χ3n) is 4.74. The van der Waals surface area contributed by atoms with Crippen LogP contribution < -0.4 is 5.11 Å². The van der Waals surface area contributed by atoms with Gasteiger partial charge in [0.05, 0.1) is 18.2 Å². The molecule has 6 nitrogen and oxygen atoms in total. The Labute approximate surface area is 157 Å². The third kappa shape index (κ3) is 10.9. The summed E-state index contributed by atoms with van der Waals surface area (Å²) in [6.07, 6.45) is 11.9. The number of carbonyl (C=O) groups excluding carboxylic acids is 1. The molecule has 0 unspecified atom stereocenters. The predicted octanol–water partition coefficient (Wildman–Crippen LogP) is 2.07. The van der Waals surface area contributed by atoms with E-state index in [0.29, 0.717) is 13.0 Å². The molecule has 1 heterocycles. The Balaban J connectivity index is 1.84. The first-order valence-corrected chi connectivity index (χ1v) is 10.0. The zero-order valence-electron chi connectivity index (χ0n) is 16.0. The van der Waals surface area contributed by atoms with Crippen molar-refractivity contribution in [2.45, 2.75) is 102 Å². The molecule has 0 aromatic heterocycles. The van der Waals surface area contributed by atoms with Gasteiger partial charge in [-0.25, -0.2) is 0 Å². The summed E-state index contributed by atoms with van der Waals surface area (Å²) < 4.78 is 11.1. The smallest absolute Gasteiger partial charge is 0.183 e. The normalized spacial score (nSPS) is 26.4. The summed E-state index contributed by atoms with van der Waals surface area (Å²) in [5, 5.41) is 29.6. The number of hydrogen-bond donors (Lipinski definition) is 2. The van der Waals surface area contributed by atoms with Crippen molar-refractivity contribution in [3.8, 4) is 0 Å². The Kier molecular flexibility index (Phi) is 12.6. The highest BCUT2D eigenvalue weighted by atomic mass is 16.7. The Morgan fingerprint density at radius 3 is 2.23 bits per heavy atom. The Morgan fingerprint density at radius 1 is 1.04 bits per heavy atom. The first-order valence-electron chi connectivity index (χ1n) is 10.0. The fraction of sp³-hybridized carbons (Fsp3) is 0.850. The van der Waals surface area contributed by atoms with Crippen LogP contribution >= 0.6 is 0 Å². The van der Waals surface area contributed by atoms with Gasteiger partial charge in [0.15, 0.2) is 6.29 Å². The summed E-state index contributed by atoms with van der Waals surface area (Å²) in [5.41, 5.74) is 0. The van der Waals surface area contributed by atoms with Crippen LogP contribution in [-0.2, 0) is 14.3 Å². The maximum atomic E-state index is 10.2. The molecule has 26 heavy (non-hydrogen) atoms. The van der Waals surface area contributed by atoms with Crippen LogP contribution in [0.15, 0.2) is 12.2 Å². The van der Waals surface area contributed by atoms with Gasteiger partial charge in [0.1, 0.15) is 6.10 Å². The average Bonchev–Trinajstić information content (AvgIpc) is 2.59. The van der Waals surface area contributed by atoms with Crippen LogP contribution in [0.25, 0.3) is 0 Å². The SMILES string of the molecule is C[C@@H]1O[C@@H](OCCCCCCCCCCC/C=C/C(=O)[O-])[C@H](O)C[C@H]1O. The molecule has 0 bridgehead atoms. The van der Waals surface area contributed by atoms with Crippen molar-refractivity contribution in [1.29, 1.82) is 0 Å². The number of aliphatic hydroxyl groups is 2. The van der Waals surface area contributed by atoms with Crippen LogP contribution in [0.2, 0.25) is 0 Å². The second kappa shape index (κ2) is 14.2. The van der Waals surface area contributed by atoms with Gasteiger partial charge in [-0.15, -0.1) is 0 Å². The van der Waals surface area contributed by atoms with E-state index in [0.717, 1.165) is 38.2 Å². The highest BCUT2D eigenvalue weighted by Crippen LogP contribution is 2.21. The maximum Gasteiger partial charge on any atom is 0.183 e. The number of allylic oxidation sites excluding steroid dienone is 1. The van der Waals surface area contributed by atoms with Crippen LogP contribution in [0.4, 0.5) is 0 Å². The molecule has 0 aromatic carbocycles. The van der Waals surface area contributed by atoms with Crippen molar-refractivity contribution in [3.63, 3.8) is 0 Å². The van der Waals surface area contributed by atoms with E-state index in [2.05, 4.69) is 0 Å². The fourth-order valence-electron chi connectivity index (χ4n) is 3.07. The molecule has 0 radical (unpaired) electrons. The van der Waals surface area contributed by atoms with Crippen molar-refractivity contribution >= 4 is 5.97 Å². The third-order valence-corrected chi connectivity index (χ3v) is 4.74. The van der Waals surface area contributed by atoms with E-state index in [1.54, 1.807) is 13.0 Å². The van der Waals surface area contributed by atoms with Crippen molar-refractivity contribution < 1.29 is 29.6 Å². The number of unbranched alkanes of at least 4 members (excludes halogenated alkanes) is 9. The standard InChI is InChI=1S/C20H36O6/c1-16-17(21)15-18(22)20(26-16)25-14-12-10-8-6-4-2-3-5-7-9-11-13-19(23)24/h11,13,16-18,20-22H,2-10,12,14-15H2,1H3,(H,23,24)/p-1/b13-11+/t16-,17+,18+,20+/m0/s1. The molecule has 1 rings (SSSR count). The van der Waals surface area contributed by atoms with Crippen LogP contribution in [0.1, 0.15) is 77.6 Å². The second-order valence-corrected chi connectivity index (χ2v) is 7.14. The molecule has 2 N–H and O–H groups in total. The average molecular weight is 371 g/mol. The molecule has 1 aliphatic rings. The molecule has 0 spiro atoms. The molecule has 4 atom stereocenters. The Hall–Kier alpha value is -0.950. The van der Waals surface area contributed by atoms with E-state index in [-0.39, 0.29) is 6.10 Å². The quantitative estimate of drug-likeness (QED) is 0.358. The van der Waals surface area contributed by atoms with Gasteiger partial charge in [-0.2, -0.15) is 0 Å². The van der Waals surface area contributed by atoms with Crippen molar-refractivity contribution in [3.05, 3.63) is 12.2 Å². The zero-order chi connectivity index (χ0) is 19.2. The number of carbonyl (C=O) groups is 1. The minimum atomic E-state index is -1.12. The lowest BCUT2D eigenvalue weighted by molar-refractivity contribution is -0.297. The summed E-state index contributed by atoms with van der Waals surface area (Å²) in [6, 6.07) is 0. The van der Waals surface area contributed by atoms with Gasteiger partial charge in [0.2, 0.25) is 0 Å². The molecule has 1 aliphatic heterocycles. The second-order valence-electron chi connectivity index (χ2n) is 7.14. The van der Waals surface area contributed by atoms with Crippen LogP contribution in [0.3, 0.4) is 0 Å². The van der Waals surface area contributed by atoms with Crippen LogP contribution in [-0.4, -0.2) is 47.4 Å².